The van der Waals surface area contributed by atoms with Gasteiger partial charge in [0.15, 0.2) is 5.13 Å². The number of amides is 4. The van der Waals surface area contributed by atoms with Crippen LogP contribution in [0.15, 0.2) is 41.8 Å². The summed E-state index contributed by atoms with van der Waals surface area (Å²) in [6, 6.07) is 4.26. The van der Waals surface area contributed by atoms with E-state index in [1.165, 1.54) is 20.5 Å². The molecule has 340 valence electrons. The number of carbonyl (C=O) groups is 4. The first-order valence-corrected chi connectivity index (χ1v) is 24.7. The predicted molar refractivity (Wildman–Crippen MR) is 238 cm³/mol. The summed E-state index contributed by atoms with van der Waals surface area (Å²) in [5, 5.41) is 25.8. The number of nitrogens with zero attached hydrogens (tertiary/aromatic N) is 4. The first-order chi connectivity index (χ1) is 30.2. The molecule has 4 amide bonds. The summed E-state index contributed by atoms with van der Waals surface area (Å²) < 4.78 is 39.5. The highest BCUT2D eigenvalue weighted by molar-refractivity contribution is 7.89. The van der Waals surface area contributed by atoms with Gasteiger partial charge in [-0.25, -0.2) is 28.0 Å². The van der Waals surface area contributed by atoms with Gasteiger partial charge in [-0.15, -0.1) is 11.3 Å². The van der Waals surface area contributed by atoms with E-state index in [0.29, 0.717) is 66.0 Å². The van der Waals surface area contributed by atoms with Crippen LogP contribution in [0.25, 0.3) is 22.3 Å². The number of ether oxygens (including phenoxy) is 2. The maximum atomic E-state index is 14.9. The van der Waals surface area contributed by atoms with Gasteiger partial charge < -0.3 is 40.7 Å². The van der Waals surface area contributed by atoms with Crippen molar-refractivity contribution in [2.24, 2.45) is 11.8 Å². The van der Waals surface area contributed by atoms with Gasteiger partial charge in [0.2, 0.25) is 21.8 Å². The minimum atomic E-state index is -3.42. The van der Waals surface area contributed by atoms with E-state index in [-0.39, 0.29) is 49.6 Å². The fourth-order valence-electron chi connectivity index (χ4n) is 9.01. The second-order valence-electron chi connectivity index (χ2n) is 17.8. The molecule has 2 unspecified atom stereocenters. The number of aromatic nitrogens is 2. The molecule has 3 aromatic rings. The summed E-state index contributed by atoms with van der Waals surface area (Å²) in [6.45, 7) is 4.61. The number of carbonyl (C=O) groups excluding carboxylic acids is 3. The summed E-state index contributed by atoms with van der Waals surface area (Å²) in [5.74, 6) is -1.37. The van der Waals surface area contributed by atoms with E-state index in [4.69, 9.17) is 19.4 Å². The number of carboxylic acid groups (broad SMARTS) is 1. The van der Waals surface area contributed by atoms with Gasteiger partial charge in [-0.3, -0.25) is 9.59 Å². The molecule has 5 aliphatic rings. The molecule has 2 saturated heterocycles. The number of benzene rings is 1. The zero-order valence-corrected chi connectivity index (χ0v) is 37.6. The summed E-state index contributed by atoms with van der Waals surface area (Å²) in [6.07, 6.45) is 9.65. The highest BCUT2D eigenvalue weighted by atomic mass is 32.2. The summed E-state index contributed by atoms with van der Waals surface area (Å²) in [7, 11) is -1.85. The quantitative estimate of drug-likeness (QED) is 0.154. The van der Waals surface area contributed by atoms with Crippen molar-refractivity contribution in [1.29, 1.82) is 0 Å². The highest BCUT2D eigenvalue weighted by Gasteiger charge is 2.61. The molecule has 3 aliphatic heterocycles. The Morgan fingerprint density at radius 3 is 2.63 bits per heavy atom. The summed E-state index contributed by atoms with van der Waals surface area (Å²) in [4.78, 5) is 66.9. The maximum Gasteiger partial charge on any atom is 0.330 e. The lowest BCUT2D eigenvalue weighted by Gasteiger charge is -2.32. The molecular weight excluding hydrogens is 849 g/mol. The molecule has 5 heterocycles. The van der Waals surface area contributed by atoms with Crippen molar-refractivity contribution in [1.82, 2.24) is 35.1 Å². The van der Waals surface area contributed by atoms with Crippen LogP contribution in [0.3, 0.4) is 0 Å². The number of nitrogens with one attached hydrogen (secondary N) is 4. The van der Waals surface area contributed by atoms with Gasteiger partial charge in [0, 0.05) is 60.4 Å². The topological polar surface area (TPSA) is 221 Å². The standard InChI is InChI=1S/C44H58N8O9S2/c1-26(2)45-43-49-36(25-62-43)34-21-38(31-16-15-29(60-3)19-33(31)46-34)61-30-20-37-39(53)50-44(41(55)56)22-28(44)11-7-5-4-6-8-12-32(40(54)52(37)23-30)47-42(57)48-35(27-13-14-27)24-51-17-9-10-18-63(51,58)59/h7,11,15-16,19,21,25-28,30,32,35,37H,4-6,8-10,12-14,17-18,20,22-24H2,1-3H3,(H,45,49)(H,50,53)(H,55,56)(H2,47,48,57)/b11-7-/t28?,30-,32+,35-,37?,44-/m1/s1. The van der Waals surface area contributed by atoms with Crippen molar-refractivity contribution in [3.05, 3.63) is 41.8 Å². The van der Waals surface area contributed by atoms with Gasteiger partial charge >= 0.3 is 12.0 Å². The predicted octanol–water partition coefficient (Wildman–Crippen LogP) is 4.89. The number of fused-ring (bicyclic) bond motifs is 3. The third-order valence-electron chi connectivity index (χ3n) is 12.7. The van der Waals surface area contributed by atoms with Crippen LogP contribution in [0, 0.1) is 11.8 Å². The fourth-order valence-corrected chi connectivity index (χ4v) is 11.5. The number of hydrogen-bond donors (Lipinski definition) is 5. The molecule has 6 atom stereocenters. The Bertz CT molecular complexity index is 2350. The zero-order valence-electron chi connectivity index (χ0n) is 36.0. The lowest BCUT2D eigenvalue weighted by atomic mass is 10.0. The fraction of sp³-hybridized carbons (Fsp3) is 0.591. The first kappa shape index (κ1) is 44.6. The van der Waals surface area contributed by atoms with Crippen LogP contribution in [0.4, 0.5) is 9.93 Å². The Kier molecular flexibility index (Phi) is 13.2. The Morgan fingerprint density at radius 2 is 1.89 bits per heavy atom. The maximum absolute atomic E-state index is 14.9. The lowest BCUT2D eigenvalue weighted by molar-refractivity contribution is -0.145. The van der Waals surface area contributed by atoms with Crippen LogP contribution in [-0.2, 0) is 24.4 Å². The van der Waals surface area contributed by atoms with Gasteiger partial charge in [0.05, 0.1) is 30.6 Å². The molecule has 0 bridgehead atoms. The molecule has 2 saturated carbocycles. The summed E-state index contributed by atoms with van der Waals surface area (Å²) >= 11 is 1.45. The normalized spacial score (nSPS) is 27.5. The largest absolute Gasteiger partial charge is 0.497 e. The second kappa shape index (κ2) is 18.6. The van der Waals surface area contributed by atoms with E-state index < -0.39 is 63.6 Å². The van der Waals surface area contributed by atoms with E-state index in [2.05, 4.69) is 21.3 Å². The minimum absolute atomic E-state index is 0.0217. The van der Waals surface area contributed by atoms with Gasteiger partial charge in [-0.2, -0.15) is 4.31 Å². The van der Waals surface area contributed by atoms with E-state index in [0.717, 1.165) is 37.2 Å². The number of hydrogen-bond acceptors (Lipinski definition) is 12. The molecule has 17 nitrogen and oxygen atoms in total. The molecule has 1 aromatic carbocycles. The van der Waals surface area contributed by atoms with Gasteiger partial charge in [-0.05, 0) is 83.3 Å². The van der Waals surface area contributed by atoms with E-state index in [1.807, 2.05) is 37.4 Å². The number of urea groups is 1. The second-order valence-corrected chi connectivity index (χ2v) is 20.8. The third kappa shape index (κ3) is 10.2. The molecule has 19 heteroatoms. The number of anilines is 1. The van der Waals surface area contributed by atoms with Crippen LogP contribution in [0.1, 0.15) is 84.5 Å². The van der Waals surface area contributed by atoms with Crippen molar-refractivity contribution in [3.8, 4) is 22.9 Å². The van der Waals surface area contributed by atoms with E-state index in [9.17, 15) is 32.7 Å². The van der Waals surface area contributed by atoms with Crippen LogP contribution in [0.5, 0.6) is 11.5 Å². The molecular formula is C44H58N8O9S2. The average molecular weight is 907 g/mol. The van der Waals surface area contributed by atoms with Crippen LogP contribution in [0.2, 0.25) is 0 Å². The molecule has 5 N–H and O–H groups in total. The SMILES string of the molecule is COc1ccc2c(O[C@@H]3CC4C(=O)N[C@]5(C(=O)O)CC5/C=C\CCCCC[C@H](NC(=O)N[C@H](CN5CCCCS5(=O)=O)C5CC5)C(=O)N4C3)cc(-c3csc(NC(C)C)n3)nc2c1. The highest BCUT2D eigenvalue weighted by Crippen LogP contribution is 2.46. The summed E-state index contributed by atoms with van der Waals surface area (Å²) in [5.41, 5.74) is 0.273. The monoisotopic (exact) mass is 906 g/mol. The number of allylic oxidation sites excluding steroid dienone is 1. The average Bonchev–Trinajstić information content (AvgIpc) is 4.12. The Hall–Kier alpha value is -5.01. The number of thiazole rings is 1. The Morgan fingerprint density at radius 1 is 1.06 bits per heavy atom. The van der Waals surface area contributed by atoms with Crippen LogP contribution in [-0.4, -0.2) is 125 Å². The Labute approximate surface area is 371 Å². The van der Waals surface area contributed by atoms with Crippen molar-refractivity contribution in [2.75, 3.05) is 37.8 Å². The zero-order chi connectivity index (χ0) is 44.5. The van der Waals surface area contributed by atoms with Crippen molar-refractivity contribution >= 4 is 61.2 Å². The van der Waals surface area contributed by atoms with Crippen molar-refractivity contribution < 1.29 is 42.2 Å². The van der Waals surface area contributed by atoms with Crippen molar-refractivity contribution in [2.45, 2.75) is 120 Å². The smallest absolute Gasteiger partial charge is 0.330 e. The number of carboxylic acids is 1. The van der Waals surface area contributed by atoms with E-state index >= 15 is 0 Å². The van der Waals surface area contributed by atoms with Crippen LogP contribution >= 0.6 is 11.3 Å². The molecule has 2 aromatic heterocycles. The van der Waals surface area contributed by atoms with Gasteiger partial charge in [0.1, 0.15) is 40.9 Å². The van der Waals surface area contributed by atoms with Gasteiger partial charge in [0.25, 0.3) is 0 Å². The number of aliphatic carboxylic acids is 1. The number of pyridine rings is 1. The van der Waals surface area contributed by atoms with Gasteiger partial charge in [-0.1, -0.05) is 25.0 Å². The molecule has 0 spiro atoms. The molecule has 0 radical (unpaired) electrons. The van der Waals surface area contributed by atoms with Crippen LogP contribution < -0.4 is 30.7 Å². The third-order valence-corrected chi connectivity index (χ3v) is 15.4. The Balaban J connectivity index is 1.08. The molecule has 2 aliphatic carbocycles. The van der Waals surface area contributed by atoms with E-state index in [1.54, 1.807) is 25.3 Å². The molecule has 4 fully saturated rings. The van der Waals surface area contributed by atoms with Crippen molar-refractivity contribution in [3.63, 3.8) is 0 Å². The minimum Gasteiger partial charge on any atom is -0.497 e. The molecule has 63 heavy (non-hydrogen) atoms. The number of methoxy groups -OCH3 is 1. The number of sulfonamides is 1. The first-order valence-electron chi connectivity index (χ1n) is 22.2. The number of rotatable bonds is 12. The lowest BCUT2D eigenvalue weighted by Crippen LogP contribution is -2.58. The molecule has 8 rings (SSSR count).